The summed E-state index contributed by atoms with van der Waals surface area (Å²) in [4.78, 5) is 22.7. The van der Waals surface area contributed by atoms with E-state index < -0.39 is 11.5 Å². The molecule has 0 bridgehead atoms. The van der Waals surface area contributed by atoms with Gasteiger partial charge in [-0.05, 0) is 51.7 Å². The van der Waals surface area contributed by atoms with Crippen molar-refractivity contribution in [1.29, 1.82) is 0 Å². The molecule has 1 aliphatic rings. The molecule has 0 unspecified atom stereocenters. The van der Waals surface area contributed by atoms with Gasteiger partial charge in [-0.2, -0.15) is 4.39 Å². The predicted molar refractivity (Wildman–Crippen MR) is 101 cm³/mol. The quantitative estimate of drug-likeness (QED) is 0.722. The van der Waals surface area contributed by atoms with Gasteiger partial charge < -0.3 is 14.4 Å². The van der Waals surface area contributed by atoms with Gasteiger partial charge in [0.15, 0.2) is 0 Å². The van der Waals surface area contributed by atoms with Crippen molar-refractivity contribution in [3.8, 4) is 15.6 Å². The maximum absolute atomic E-state index is 12.9. The van der Waals surface area contributed by atoms with Crippen LogP contribution in [0.4, 0.5) is 9.18 Å². The van der Waals surface area contributed by atoms with Crippen LogP contribution in [0.5, 0.6) is 5.19 Å². The SMILES string of the molecule is CC(C)(C)OC(=O)N1CCC(COc2ncc(-c3ccc(F)nc3)s2)CC1. The summed E-state index contributed by atoms with van der Waals surface area (Å²) >= 11 is 1.41. The van der Waals surface area contributed by atoms with Crippen molar-refractivity contribution >= 4 is 17.4 Å². The number of thiazole rings is 1. The van der Waals surface area contributed by atoms with E-state index in [1.807, 2.05) is 20.8 Å². The number of hydrogen-bond donors (Lipinski definition) is 0. The maximum Gasteiger partial charge on any atom is 0.410 e. The Morgan fingerprint density at radius 3 is 2.63 bits per heavy atom. The summed E-state index contributed by atoms with van der Waals surface area (Å²) in [5.41, 5.74) is 0.342. The number of rotatable bonds is 4. The molecule has 3 rings (SSSR count). The maximum atomic E-state index is 12.9. The van der Waals surface area contributed by atoms with E-state index in [9.17, 15) is 9.18 Å². The number of likely N-dealkylation sites (tertiary alicyclic amines) is 1. The lowest BCUT2D eigenvalue weighted by atomic mass is 9.98. The highest BCUT2D eigenvalue weighted by Crippen LogP contribution is 2.30. The minimum absolute atomic E-state index is 0.251. The van der Waals surface area contributed by atoms with E-state index in [4.69, 9.17) is 9.47 Å². The number of pyridine rings is 1. The summed E-state index contributed by atoms with van der Waals surface area (Å²) in [5.74, 6) is -0.124. The number of nitrogens with zero attached hydrogens (tertiary/aromatic N) is 3. The number of ether oxygens (including phenoxy) is 2. The molecule has 2 aromatic rings. The Kier molecular flexibility index (Phi) is 5.94. The molecular weight excluding hydrogens is 369 g/mol. The van der Waals surface area contributed by atoms with E-state index in [-0.39, 0.29) is 6.09 Å². The highest BCUT2D eigenvalue weighted by molar-refractivity contribution is 7.16. The molecule has 1 fully saturated rings. The smallest absolute Gasteiger partial charge is 0.410 e. The van der Waals surface area contributed by atoms with E-state index in [2.05, 4.69) is 9.97 Å². The molecule has 0 atom stereocenters. The van der Waals surface area contributed by atoms with E-state index in [1.165, 1.54) is 23.6 Å². The largest absolute Gasteiger partial charge is 0.470 e. The molecule has 0 spiro atoms. The summed E-state index contributed by atoms with van der Waals surface area (Å²) in [6.45, 7) is 7.53. The molecule has 2 aromatic heterocycles. The standard InChI is InChI=1S/C19H24FN3O3S/c1-19(2,3)26-18(24)23-8-6-13(7-9-23)12-25-17-22-11-15(27-17)14-4-5-16(20)21-10-14/h4-5,10-11,13H,6-9,12H2,1-3H3. The first-order valence-corrected chi connectivity index (χ1v) is 9.80. The first-order chi connectivity index (χ1) is 12.8. The number of piperidine rings is 1. The van der Waals surface area contributed by atoms with Crippen LogP contribution in [0.3, 0.4) is 0 Å². The van der Waals surface area contributed by atoms with Crippen molar-refractivity contribution in [1.82, 2.24) is 14.9 Å². The summed E-state index contributed by atoms with van der Waals surface area (Å²) in [5, 5.41) is 0.587. The second kappa shape index (κ2) is 8.21. The number of carbonyl (C=O) groups is 1. The number of hydrogen-bond acceptors (Lipinski definition) is 6. The van der Waals surface area contributed by atoms with Crippen LogP contribution in [0.15, 0.2) is 24.5 Å². The van der Waals surface area contributed by atoms with E-state index >= 15 is 0 Å². The molecule has 0 saturated carbocycles. The highest BCUT2D eigenvalue weighted by Gasteiger charge is 2.27. The highest BCUT2D eigenvalue weighted by atomic mass is 32.1. The molecule has 0 aromatic carbocycles. The number of carbonyl (C=O) groups excluding carboxylic acids is 1. The van der Waals surface area contributed by atoms with Gasteiger partial charge >= 0.3 is 6.09 Å². The minimum atomic E-state index is -0.502. The Morgan fingerprint density at radius 2 is 2.00 bits per heavy atom. The van der Waals surface area contributed by atoms with Crippen LogP contribution < -0.4 is 4.74 Å². The number of aromatic nitrogens is 2. The van der Waals surface area contributed by atoms with Crippen molar-refractivity contribution in [3.05, 3.63) is 30.5 Å². The van der Waals surface area contributed by atoms with E-state index in [1.54, 1.807) is 17.2 Å². The number of amides is 1. The Morgan fingerprint density at radius 1 is 1.26 bits per heavy atom. The third-order valence-electron chi connectivity index (χ3n) is 4.21. The molecule has 0 aliphatic carbocycles. The monoisotopic (exact) mass is 393 g/mol. The Labute approximate surface area is 162 Å². The fraction of sp³-hybridized carbons (Fsp3) is 0.526. The van der Waals surface area contributed by atoms with Crippen LogP contribution in [0.25, 0.3) is 10.4 Å². The second-order valence-corrected chi connectivity index (χ2v) is 8.57. The molecule has 1 saturated heterocycles. The fourth-order valence-electron chi connectivity index (χ4n) is 2.78. The van der Waals surface area contributed by atoms with Crippen LogP contribution in [0.2, 0.25) is 0 Å². The van der Waals surface area contributed by atoms with Crippen LogP contribution >= 0.6 is 11.3 Å². The van der Waals surface area contributed by atoms with Gasteiger partial charge in [0.05, 0.1) is 11.5 Å². The van der Waals surface area contributed by atoms with Gasteiger partial charge in [0.2, 0.25) is 5.95 Å². The van der Waals surface area contributed by atoms with Crippen molar-refractivity contribution in [2.45, 2.75) is 39.2 Å². The molecular formula is C19H24FN3O3S. The van der Waals surface area contributed by atoms with Crippen molar-refractivity contribution in [3.63, 3.8) is 0 Å². The molecule has 146 valence electrons. The van der Waals surface area contributed by atoms with Crippen LogP contribution in [-0.2, 0) is 4.74 Å². The fourth-order valence-corrected chi connectivity index (χ4v) is 3.54. The first-order valence-electron chi connectivity index (χ1n) is 8.98. The molecule has 0 radical (unpaired) electrons. The van der Waals surface area contributed by atoms with E-state index in [0.717, 1.165) is 23.3 Å². The zero-order valence-electron chi connectivity index (χ0n) is 15.8. The van der Waals surface area contributed by atoms with Crippen molar-refractivity contribution < 1.29 is 18.7 Å². The summed E-state index contributed by atoms with van der Waals surface area (Å²) in [6.07, 6.45) is 4.69. The van der Waals surface area contributed by atoms with Gasteiger partial charge in [0.1, 0.15) is 5.60 Å². The average molecular weight is 393 g/mol. The molecule has 27 heavy (non-hydrogen) atoms. The van der Waals surface area contributed by atoms with Gasteiger partial charge in [-0.3, -0.25) is 0 Å². The number of halogens is 1. The third-order valence-corrected chi connectivity index (χ3v) is 5.16. The lowest BCUT2D eigenvalue weighted by Gasteiger charge is -2.33. The predicted octanol–water partition coefficient (Wildman–Crippen LogP) is 4.37. The normalized spacial score (nSPS) is 15.6. The summed E-state index contributed by atoms with van der Waals surface area (Å²) in [7, 11) is 0. The van der Waals surface area contributed by atoms with Gasteiger partial charge in [0.25, 0.3) is 5.19 Å². The van der Waals surface area contributed by atoms with Gasteiger partial charge in [-0.25, -0.2) is 14.8 Å². The Bertz CT molecular complexity index is 765. The van der Waals surface area contributed by atoms with Crippen molar-refractivity contribution in [2.75, 3.05) is 19.7 Å². The van der Waals surface area contributed by atoms with Gasteiger partial charge in [-0.15, -0.1) is 0 Å². The Hall–Kier alpha value is -2.22. The first kappa shape index (κ1) is 19.5. The summed E-state index contributed by atoms with van der Waals surface area (Å²) in [6, 6.07) is 3.00. The average Bonchev–Trinajstić information content (AvgIpc) is 3.08. The van der Waals surface area contributed by atoms with Gasteiger partial charge in [-0.1, -0.05) is 11.3 Å². The van der Waals surface area contributed by atoms with Crippen LogP contribution in [0.1, 0.15) is 33.6 Å². The van der Waals surface area contributed by atoms with Crippen LogP contribution in [-0.4, -0.2) is 46.3 Å². The molecule has 1 amide bonds. The lowest BCUT2D eigenvalue weighted by molar-refractivity contribution is 0.0165. The zero-order valence-corrected chi connectivity index (χ0v) is 16.6. The minimum Gasteiger partial charge on any atom is -0.470 e. The third kappa shape index (κ3) is 5.63. The molecule has 1 aliphatic heterocycles. The van der Waals surface area contributed by atoms with Gasteiger partial charge in [0, 0.05) is 31.0 Å². The molecule has 0 N–H and O–H groups in total. The lowest BCUT2D eigenvalue weighted by Crippen LogP contribution is -2.42. The van der Waals surface area contributed by atoms with Crippen LogP contribution in [0, 0.1) is 11.9 Å². The zero-order chi connectivity index (χ0) is 19.4. The second-order valence-electron chi connectivity index (χ2n) is 7.58. The summed E-state index contributed by atoms with van der Waals surface area (Å²) < 4.78 is 24.2. The topological polar surface area (TPSA) is 64.5 Å². The Balaban J connectivity index is 1.45. The van der Waals surface area contributed by atoms with E-state index in [0.29, 0.717) is 30.8 Å². The van der Waals surface area contributed by atoms with Crippen molar-refractivity contribution in [2.24, 2.45) is 5.92 Å². The molecule has 6 nitrogen and oxygen atoms in total. The molecule has 3 heterocycles. The molecule has 8 heteroatoms.